The lowest BCUT2D eigenvalue weighted by Crippen LogP contribution is -2.49. The standard InChI is InChI=1S/C14H23NO2.ClH/c1-11(2)14(16)17-10-12-6-5-9-15-8-4-3-7-13(12)15;/h12-13H,1,3-10H2,2H3;1H/t12-,13+;/m0./s1. The van der Waals surface area contributed by atoms with E-state index in [9.17, 15) is 4.79 Å². The van der Waals surface area contributed by atoms with Gasteiger partial charge >= 0.3 is 5.97 Å². The van der Waals surface area contributed by atoms with Crippen LogP contribution in [0, 0.1) is 5.92 Å². The molecule has 0 aromatic heterocycles. The third-order valence-corrected chi connectivity index (χ3v) is 4.01. The summed E-state index contributed by atoms with van der Waals surface area (Å²) in [4.78, 5) is 14.0. The number of piperidine rings is 2. The molecule has 2 rings (SSSR count). The molecule has 2 fully saturated rings. The lowest BCUT2D eigenvalue weighted by atomic mass is 9.84. The number of carbonyl (C=O) groups is 1. The van der Waals surface area contributed by atoms with Gasteiger partial charge in [-0.1, -0.05) is 13.0 Å². The molecule has 0 radical (unpaired) electrons. The van der Waals surface area contributed by atoms with Gasteiger partial charge in [0.15, 0.2) is 0 Å². The van der Waals surface area contributed by atoms with Crippen LogP contribution in [0.4, 0.5) is 0 Å². The molecule has 2 saturated heterocycles. The summed E-state index contributed by atoms with van der Waals surface area (Å²) in [5.74, 6) is 0.297. The van der Waals surface area contributed by atoms with E-state index >= 15 is 0 Å². The average Bonchev–Trinajstić information content (AvgIpc) is 2.35. The highest BCUT2D eigenvalue weighted by molar-refractivity contribution is 5.86. The molecular formula is C14H24ClNO2. The molecule has 2 aliphatic heterocycles. The summed E-state index contributed by atoms with van der Waals surface area (Å²) < 4.78 is 5.33. The summed E-state index contributed by atoms with van der Waals surface area (Å²) in [6.45, 7) is 8.36. The van der Waals surface area contributed by atoms with E-state index in [1.807, 2.05) is 0 Å². The maximum Gasteiger partial charge on any atom is 0.333 e. The second kappa shape index (κ2) is 7.15. The number of fused-ring (bicyclic) bond motifs is 1. The Morgan fingerprint density at radius 2 is 2.00 bits per heavy atom. The van der Waals surface area contributed by atoms with E-state index < -0.39 is 0 Å². The van der Waals surface area contributed by atoms with E-state index in [1.54, 1.807) is 6.92 Å². The molecule has 0 unspecified atom stereocenters. The number of ether oxygens (including phenoxy) is 1. The van der Waals surface area contributed by atoms with E-state index in [0.717, 1.165) is 0 Å². The zero-order valence-corrected chi connectivity index (χ0v) is 12.0. The minimum atomic E-state index is -0.238. The Kier molecular flexibility index (Phi) is 6.16. The van der Waals surface area contributed by atoms with Crippen LogP contribution in [0.5, 0.6) is 0 Å². The Balaban J connectivity index is 0.00000162. The maximum atomic E-state index is 11.4. The largest absolute Gasteiger partial charge is 0.462 e. The highest BCUT2D eigenvalue weighted by Crippen LogP contribution is 2.31. The Bertz CT molecular complexity index is 304. The molecule has 2 aliphatic rings. The van der Waals surface area contributed by atoms with Crippen molar-refractivity contribution < 1.29 is 9.53 Å². The zero-order chi connectivity index (χ0) is 12.3. The van der Waals surface area contributed by atoms with Crippen molar-refractivity contribution in [2.24, 2.45) is 5.92 Å². The Morgan fingerprint density at radius 1 is 1.28 bits per heavy atom. The lowest BCUT2D eigenvalue weighted by molar-refractivity contribution is -0.141. The third-order valence-electron chi connectivity index (χ3n) is 4.01. The molecule has 0 aromatic rings. The molecule has 0 aromatic carbocycles. The Hall–Kier alpha value is -0.540. The van der Waals surface area contributed by atoms with Crippen LogP contribution >= 0.6 is 12.4 Å². The Labute approximate surface area is 116 Å². The van der Waals surface area contributed by atoms with Crippen LogP contribution in [0.1, 0.15) is 39.0 Å². The topological polar surface area (TPSA) is 29.5 Å². The van der Waals surface area contributed by atoms with Crippen molar-refractivity contribution in [3.05, 3.63) is 12.2 Å². The fourth-order valence-electron chi connectivity index (χ4n) is 3.08. The predicted molar refractivity (Wildman–Crippen MR) is 75.0 cm³/mol. The van der Waals surface area contributed by atoms with Gasteiger partial charge < -0.3 is 4.74 Å². The average molecular weight is 274 g/mol. The molecule has 2 heterocycles. The SMILES string of the molecule is C=C(C)C(=O)OC[C@@H]1CCCN2CCCC[C@H]12.Cl. The number of carbonyl (C=O) groups excluding carboxylic acids is 1. The monoisotopic (exact) mass is 273 g/mol. The first kappa shape index (κ1) is 15.5. The van der Waals surface area contributed by atoms with Crippen molar-refractivity contribution in [1.82, 2.24) is 4.90 Å². The van der Waals surface area contributed by atoms with Crippen LogP contribution in [0.15, 0.2) is 12.2 Å². The summed E-state index contributed by atoms with van der Waals surface area (Å²) in [7, 11) is 0. The van der Waals surface area contributed by atoms with Crippen LogP contribution in [-0.2, 0) is 9.53 Å². The number of esters is 1. The van der Waals surface area contributed by atoms with E-state index in [2.05, 4.69) is 11.5 Å². The molecule has 0 N–H and O–H groups in total. The van der Waals surface area contributed by atoms with E-state index in [0.29, 0.717) is 24.1 Å². The molecule has 18 heavy (non-hydrogen) atoms. The first-order chi connectivity index (χ1) is 8.18. The van der Waals surface area contributed by atoms with Gasteiger partial charge in [-0.05, 0) is 45.7 Å². The van der Waals surface area contributed by atoms with Gasteiger partial charge in [0.2, 0.25) is 0 Å². The van der Waals surface area contributed by atoms with Gasteiger partial charge in [-0.25, -0.2) is 4.79 Å². The van der Waals surface area contributed by atoms with Crippen molar-refractivity contribution >= 4 is 18.4 Å². The number of hydrogen-bond donors (Lipinski definition) is 0. The van der Waals surface area contributed by atoms with Crippen molar-refractivity contribution in [1.29, 1.82) is 0 Å². The first-order valence-corrected chi connectivity index (χ1v) is 6.75. The smallest absolute Gasteiger partial charge is 0.333 e. The van der Waals surface area contributed by atoms with Gasteiger partial charge in [0.05, 0.1) is 6.61 Å². The number of rotatable bonds is 3. The molecule has 0 spiro atoms. The summed E-state index contributed by atoms with van der Waals surface area (Å²) in [5, 5.41) is 0. The molecular weight excluding hydrogens is 250 g/mol. The second-order valence-corrected chi connectivity index (χ2v) is 5.38. The van der Waals surface area contributed by atoms with E-state index in [4.69, 9.17) is 4.74 Å². The molecule has 104 valence electrons. The minimum absolute atomic E-state index is 0. The van der Waals surface area contributed by atoms with Gasteiger partial charge in [0.1, 0.15) is 0 Å². The van der Waals surface area contributed by atoms with Crippen LogP contribution < -0.4 is 0 Å². The van der Waals surface area contributed by atoms with Crippen molar-refractivity contribution in [2.45, 2.75) is 45.1 Å². The molecule has 3 nitrogen and oxygen atoms in total. The molecule has 0 saturated carbocycles. The summed E-state index contributed by atoms with van der Waals surface area (Å²) >= 11 is 0. The normalized spacial score (nSPS) is 27.8. The molecule has 2 atom stereocenters. The zero-order valence-electron chi connectivity index (χ0n) is 11.2. The fourth-order valence-corrected chi connectivity index (χ4v) is 3.08. The molecule has 0 aliphatic carbocycles. The van der Waals surface area contributed by atoms with Crippen molar-refractivity contribution in [3.8, 4) is 0 Å². The van der Waals surface area contributed by atoms with Crippen molar-refractivity contribution in [2.75, 3.05) is 19.7 Å². The highest BCUT2D eigenvalue weighted by Gasteiger charge is 2.33. The van der Waals surface area contributed by atoms with E-state index in [1.165, 1.54) is 45.2 Å². The van der Waals surface area contributed by atoms with Gasteiger partial charge in [-0.2, -0.15) is 0 Å². The quantitative estimate of drug-likeness (QED) is 0.585. The van der Waals surface area contributed by atoms with E-state index in [-0.39, 0.29) is 18.4 Å². The number of nitrogens with zero attached hydrogens (tertiary/aromatic N) is 1. The van der Waals surface area contributed by atoms with Gasteiger partial charge in [0, 0.05) is 17.5 Å². The molecule has 0 bridgehead atoms. The molecule has 4 heteroatoms. The fraction of sp³-hybridized carbons (Fsp3) is 0.786. The molecule has 0 amide bonds. The first-order valence-electron chi connectivity index (χ1n) is 6.75. The minimum Gasteiger partial charge on any atom is -0.462 e. The highest BCUT2D eigenvalue weighted by atomic mass is 35.5. The summed E-state index contributed by atoms with van der Waals surface area (Å²) in [6.07, 6.45) is 6.37. The van der Waals surface area contributed by atoms with Crippen molar-refractivity contribution in [3.63, 3.8) is 0 Å². The van der Waals surface area contributed by atoms with Crippen LogP contribution in [-0.4, -0.2) is 36.6 Å². The third kappa shape index (κ3) is 3.72. The Morgan fingerprint density at radius 3 is 2.72 bits per heavy atom. The van der Waals surface area contributed by atoms with Crippen LogP contribution in [0.2, 0.25) is 0 Å². The summed E-state index contributed by atoms with van der Waals surface area (Å²) in [6, 6.07) is 0.649. The van der Waals surface area contributed by atoms with Gasteiger partial charge in [-0.3, -0.25) is 4.90 Å². The maximum absolute atomic E-state index is 11.4. The van der Waals surface area contributed by atoms with Gasteiger partial charge in [0.25, 0.3) is 0 Å². The van der Waals surface area contributed by atoms with Crippen LogP contribution in [0.25, 0.3) is 0 Å². The lowest BCUT2D eigenvalue weighted by Gasteiger charge is -2.44. The summed E-state index contributed by atoms with van der Waals surface area (Å²) in [5.41, 5.74) is 0.501. The van der Waals surface area contributed by atoms with Gasteiger partial charge in [-0.15, -0.1) is 12.4 Å². The predicted octanol–water partition coefficient (Wildman–Crippen LogP) is 2.79. The van der Waals surface area contributed by atoms with Crippen LogP contribution in [0.3, 0.4) is 0 Å². The number of hydrogen-bond acceptors (Lipinski definition) is 3. The second-order valence-electron chi connectivity index (χ2n) is 5.38. The number of halogens is 1.